The molecule has 0 aliphatic rings. The van der Waals surface area contributed by atoms with Crippen molar-refractivity contribution in [3.8, 4) is 0 Å². The number of Topliss-reactive ketones (excluding diaryl/α,β-unsaturated/α-hetero) is 1. The summed E-state index contributed by atoms with van der Waals surface area (Å²) in [5, 5.41) is 5.60. The molecule has 1 atom stereocenters. The molecule has 0 rings (SSSR count). The van der Waals surface area contributed by atoms with Crippen LogP contribution in [0.1, 0.15) is 33.1 Å². The van der Waals surface area contributed by atoms with Crippen LogP contribution in [0.25, 0.3) is 0 Å². The van der Waals surface area contributed by atoms with E-state index in [1.165, 1.54) is 0 Å². The Labute approximate surface area is 96.9 Å². The van der Waals surface area contributed by atoms with Crippen LogP contribution >= 0.6 is 0 Å². The Bertz CT molecular complexity index is 219. The topological polar surface area (TPSA) is 67.4 Å². The largest absolute Gasteiger partial charge is 0.450 e. The van der Waals surface area contributed by atoms with E-state index in [-0.39, 0.29) is 17.9 Å². The molecule has 0 heterocycles. The van der Waals surface area contributed by atoms with Crippen molar-refractivity contribution < 1.29 is 14.3 Å². The number of amides is 1. The molecule has 0 saturated heterocycles. The zero-order valence-electron chi connectivity index (χ0n) is 10.3. The molecule has 5 heteroatoms. The van der Waals surface area contributed by atoms with Crippen molar-refractivity contribution in [1.29, 1.82) is 0 Å². The van der Waals surface area contributed by atoms with E-state index in [2.05, 4.69) is 10.6 Å². The number of hydrogen-bond acceptors (Lipinski definition) is 4. The second-order valence-corrected chi connectivity index (χ2v) is 3.59. The maximum atomic E-state index is 11.1. The fourth-order valence-electron chi connectivity index (χ4n) is 1.40. The Morgan fingerprint density at radius 3 is 2.50 bits per heavy atom. The van der Waals surface area contributed by atoms with Crippen molar-refractivity contribution in [2.75, 3.05) is 20.2 Å². The lowest BCUT2D eigenvalue weighted by molar-refractivity contribution is -0.119. The first-order valence-corrected chi connectivity index (χ1v) is 5.70. The van der Waals surface area contributed by atoms with Gasteiger partial charge >= 0.3 is 6.09 Å². The molecular weight excluding hydrogens is 208 g/mol. The predicted molar refractivity (Wildman–Crippen MR) is 62.4 cm³/mol. The van der Waals surface area contributed by atoms with Crippen LogP contribution in [0.3, 0.4) is 0 Å². The molecule has 0 unspecified atom stereocenters. The number of hydrogen-bond donors (Lipinski definition) is 2. The molecule has 5 nitrogen and oxygen atoms in total. The number of carbonyl (C=O) groups excluding carboxylic acids is 2. The van der Waals surface area contributed by atoms with E-state index in [1.54, 1.807) is 20.9 Å². The number of nitrogens with one attached hydrogen (secondary N) is 2. The normalized spacial score (nSPS) is 11.9. The molecule has 1 amide bonds. The van der Waals surface area contributed by atoms with E-state index in [4.69, 9.17) is 4.74 Å². The molecule has 94 valence electrons. The summed E-state index contributed by atoms with van der Waals surface area (Å²) in [6.45, 7) is 4.33. The van der Waals surface area contributed by atoms with Gasteiger partial charge in [0.2, 0.25) is 0 Å². The SMILES string of the molecule is CCOC(=O)NCCCC[C@H](NC)C(C)=O. The van der Waals surface area contributed by atoms with E-state index in [0.717, 1.165) is 19.3 Å². The monoisotopic (exact) mass is 230 g/mol. The van der Waals surface area contributed by atoms with Gasteiger partial charge in [0.05, 0.1) is 12.6 Å². The number of rotatable bonds is 8. The molecular formula is C11H22N2O3. The van der Waals surface area contributed by atoms with Crippen molar-refractivity contribution in [3.05, 3.63) is 0 Å². The quantitative estimate of drug-likeness (QED) is 0.612. The van der Waals surface area contributed by atoms with E-state index in [1.807, 2.05) is 0 Å². The van der Waals surface area contributed by atoms with E-state index < -0.39 is 0 Å². The van der Waals surface area contributed by atoms with Crippen LogP contribution in [-0.4, -0.2) is 38.1 Å². The Morgan fingerprint density at radius 2 is 2.00 bits per heavy atom. The Balaban J connectivity index is 3.45. The van der Waals surface area contributed by atoms with E-state index >= 15 is 0 Å². The summed E-state index contributed by atoms with van der Waals surface area (Å²) in [5.74, 6) is 0.154. The van der Waals surface area contributed by atoms with Crippen LogP contribution in [0.15, 0.2) is 0 Å². The lowest BCUT2D eigenvalue weighted by Gasteiger charge is -2.12. The van der Waals surface area contributed by atoms with Gasteiger partial charge in [0, 0.05) is 6.54 Å². The molecule has 2 N–H and O–H groups in total. The highest BCUT2D eigenvalue weighted by atomic mass is 16.5. The minimum Gasteiger partial charge on any atom is -0.450 e. The number of ether oxygens (including phenoxy) is 1. The van der Waals surface area contributed by atoms with Crippen LogP contribution < -0.4 is 10.6 Å². The summed E-state index contributed by atoms with van der Waals surface area (Å²) >= 11 is 0. The molecule has 0 aliphatic heterocycles. The molecule has 0 saturated carbocycles. The zero-order chi connectivity index (χ0) is 12.4. The van der Waals surface area contributed by atoms with Gasteiger partial charge in [-0.1, -0.05) is 0 Å². The molecule has 0 bridgehead atoms. The highest BCUT2D eigenvalue weighted by Gasteiger charge is 2.10. The maximum absolute atomic E-state index is 11.1. The number of ketones is 1. The second kappa shape index (κ2) is 9.15. The van der Waals surface area contributed by atoms with Crippen molar-refractivity contribution in [1.82, 2.24) is 10.6 Å². The molecule has 0 radical (unpaired) electrons. The summed E-state index contributed by atoms with van der Waals surface area (Å²) in [4.78, 5) is 22.0. The third-order valence-electron chi connectivity index (χ3n) is 2.30. The average molecular weight is 230 g/mol. The van der Waals surface area contributed by atoms with Gasteiger partial charge in [-0.3, -0.25) is 4.79 Å². The maximum Gasteiger partial charge on any atom is 0.407 e. The second-order valence-electron chi connectivity index (χ2n) is 3.59. The first-order chi connectivity index (χ1) is 7.61. The minimum atomic E-state index is -0.376. The van der Waals surface area contributed by atoms with Gasteiger partial charge in [-0.05, 0) is 40.2 Å². The third-order valence-corrected chi connectivity index (χ3v) is 2.30. The molecule has 0 aromatic rings. The third kappa shape index (κ3) is 7.23. The van der Waals surface area contributed by atoms with E-state index in [9.17, 15) is 9.59 Å². The van der Waals surface area contributed by atoms with Crippen LogP contribution in [0.2, 0.25) is 0 Å². The fourth-order valence-corrected chi connectivity index (χ4v) is 1.40. The number of alkyl carbamates (subject to hydrolysis) is 1. The van der Waals surface area contributed by atoms with Crippen molar-refractivity contribution in [2.24, 2.45) is 0 Å². The Hall–Kier alpha value is -1.10. The number of carbonyl (C=O) groups is 2. The number of likely N-dealkylation sites (N-methyl/N-ethyl adjacent to an activating group) is 1. The summed E-state index contributed by atoms with van der Waals surface area (Å²) in [6, 6.07) is -0.0670. The molecule has 0 aromatic carbocycles. The summed E-state index contributed by atoms with van der Waals surface area (Å²) < 4.78 is 4.71. The lowest BCUT2D eigenvalue weighted by atomic mass is 10.1. The van der Waals surface area contributed by atoms with Gasteiger partial charge in [-0.25, -0.2) is 4.79 Å². The van der Waals surface area contributed by atoms with Gasteiger partial charge in [0.25, 0.3) is 0 Å². The molecule has 0 aromatic heterocycles. The Morgan fingerprint density at radius 1 is 1.31 bits per heavy atom. The van der Waals surface area contributed by atoms with E-state index in [0.29, 0.717) is 13.2 Å². The fraction of sp³-hybridized carbons (Fsp3) is 0.818. The highest BCUT2D eigenvalue weighted by Crippen LogP contribution is 2.01. The van der Waals surface area contributed by atoms with Crippen LogP contribution in [0.4, 0.5) is 4.79 Å². The smallest absolute Gasteiger partial charge is 0.407 e. The first-order valence-electron chi connectivity index (χ1n) is 5.70. The molecule has 0 aliphatic carbocycles. The van der Waals surface area contributed by atoms with Crippen LogP contribution in [0.5, 0.6) is 0 Å². The van der Waals surface area contributed by atoms with Gasteiger partial charge in [0.15, 0.2) is 0 Å². The minimum absolute atomic E-state index is 0.0670. The molecule has 0 spiro atoms. The van der Waals surface area contributed by atoms with Crippen molar-refractivity contribution in [2.45, 2.75) is 39.2 Å². The summed E-state index contributed by atoms with van der Waals surface area (Å²) in [6.07, 6.45) is 2.18. The molecule has 16 heavy (non-hydrogen) atoms. The summed E-state index contributed by atoms with van der Waals surface area (Å²) in [5.41, 5.74) is 0. The van der Waals surface area contributed by atoms with Crippen LogP contribution in [0, 0.1) is 0 Å². The first kappa shape index (κ1) is 14.9. The number of unbranched alkanes of at least 4 members (excludes halogenated alkanes) is 1. The van der Waals surface area contributed by atoms with Crippen LogP contribution in [-0.2, 0) is 9.53 Å². The lowest BCUT2D eigenvalue weighted by Crippen LogP contribution is -2.32. The standard InChI is InChI=1S/C11H22N2O3/c1-4-16-11(15)13-8-6-5-7-10(12-3)9(2)14/h10,12H,4-8H2,1-3H3,(H,13,15)/t10-/m0/s1. The molecule has 0 fully saturated rings. The van der Waals surface area contributed by atoms with Gasteiger partial charge in [-0.15, -0.1) is 0 Å². The average Bonchev–Trinajstić information content (AvgIpc) is 2.23. The van der Waals surface area contributed by atoms with Gasteiger partial charge < -0.3 is 15.4 Å². The van der Waals surface area contributed by atoms with Gasteiger partial charge in [-0.2, -0.15) is 0 Å². The highest BCUT2D eigenvalue weighted by molar-refractivity contribution is 5.81. The van der Waals surface area contributed by atoms with Gasteiger partial charge in [0.1, 0.15) is 5.78 Å². The Kier molecular flexibility index (Phi) is 8.52. The zero-order valence-corrected chi connectivity index (χ0v) is 10.3. The van der Waals surface area contributed by atoms with Crippen molar-refractivity contribution in [3.63, 3.8) is 0 Å². The summed E-state index contributed by atoms with van der Waals surface area (Å²) in [7, 11) is 1.78. The predicted octanol–water partition coefficient (Wildman–Crippen LogP) is 1.08. The van der Waals surface area contributed by atoms with Crippen molar-refractivity contribution >= 4 is 11.9 Å².